The maximum absolute atomic E-state index is 6.08. The summed E-state index contributed by atoms with van der Waals surface area (Å²) in [7, 11) is 4.12. The van der Waals surface area contributed by atoms with Gasteiger partial charge >= 0.3 is 51.4 Å². The second kappa shape index (κ2) is 11.5. The Balaban J connectivity index is 0.00000200. The molecule has 4 heteroatoms. The Bertz CT molecular complexity index is 439. The number of ether oxygens (including phenoxy) is 1. The van der Waals surface area contributed by atoms with Crippen LogP contribution in [-0.4, -0.2) is 32.1 Å². The van der Waals surface area contributed by atoms with E-state index in [1.807, 2.05) is 12.1 Å². The van der Waals surface area contributed by atoms with Gasteiger partial charge in [-0.05, 0) is 25.2 Å². The van der Waals surface area contributed by atoms with Crippen molar-refractivity contribution in [2.45, 2.75) is 6.10 Å². The fourth-order valence-electron chi connectivity index (χ4n) is 1.99. The number of likely N-dealkylation sites (N-methyl/N-ethyl adjacent to an activating group) is 1. The largest absolute Gasteiger partial charge is 1.00 e. The Hall–Kier alpha value is -0.0736. The topological polar surface area (TPSA) is 12.5 Å². The molecule has 0 N–H and O–H groups in total. The number of benzene rings is 2. The van der Waals surface area contributed by atoms with E-state index in [-0.39, 0.29) is 62.2 Å². The van der Waals surface area contributed by atoms with Crippen molar-refractivity contribution in [1.29, 1.82) is 0 Å². The maximum atomic E-state index is 6.08. The molecule has 21 heavy (non-hydrogen) atoms. The van der Waals surface area contributed by atoms with Gasteiger partial charge in [-0.1, -0.05) is 60.7 Å². The molecule has 0 aliphatic heterocycles. The predicted molar refractivity (Wildman–Crippen MR) is 79.2 cm³/mol. The average Bonchev–Trinajstić information content (AvgIpc) is 2.45. The van der Waals surface area contributed by atoms with Gasteiger partial charge in [0, 0.05) is 6.54 Å². The molecule has 0 unspecified atom stereocenters. The summed E-state index contributed by atoms with van der Waals surface area (Å²) in [6.07, 6.45) is 0.0161. The number of hydrogen-bond donors (Lipinski definition) is 0. The van der Waals surface area contributed by atoms with Crippen LogP contribution in [0.25, 0.3) is 0 Å². The number of hydrogen-bond acceptors (Lipinski definition) is 2. The van der Waals surface area contributed by atoms with Crippen LogP contribution in [-0.2, 0) is 4.74 Å². The first-order chi connectivity index (χ1) is 9.27. The molecule has 2 rings (SSSR count). The van der Waals surface area contributed by atoms with Crippen LogP contribution < -0.4 is 56.1 Å². The Labute approximate surface area is 169 Å². The van der Waals surface area contributed by atoms with Crippen LogP contribution in [0.3, 0.4) is 0 Å². The van der Waals surface area contributed by atoms with Crippen molar-refractivity contribution in [3.05, 3.63) is 71.8 Å². The molecule has 2 aromatic rings. The second-order valence-electron chi connectivity index (χ2n) is 4.88. The molecule has 0 aliphatic carbocycles. The van der Waals surface area contributed by atoms with E-state index in [2.05, 4.69) is 67.5 Å². The smallest absolute Gasteiger partial charge is 1.00 e. The third kappa shape index (κ3) is 7.15. The summed E-state index contributed by atoms with van der Waals surface area (Å²) >= 11 is 0. The molecule has 0 heterocycles. The molecular weight excluding hydrogens is 292 g/mol. The third-order valence-corrected chi connectivity index (χ3v) is 3.03. The van der Waals surface area contributed by atoms with Crippen molar-refractivity contribution in [2.75, 3.05) is 27.2 Å². The molecule has 0 fully saturated rings. The zero-order chi connectivity index (χ0) is 13.5. The second-order valence-corrected chi connectivity index (χ2v) is 4.88. The van der Waals surface area contributed by atoms with E-state index in [4.69, 9.17) is 4.74 Å². The van der Waals surface area contributed by atoms with Gasteiger partial charge in [0.2, 0.25) is 0 Å². The number of rotatable bonds is 6. The van der Waals surface area contributed by atoms with Gasteiger partial charge < -0.3 is 14.3 Å². The van der Waals surface area contributed by atoms with Crippen LogP contribution in [0.15, 0.2) is 60.7 Å². The molecule has 2 aromatic carbocycles. The van der Waals surface area contributed by atoms with Gasteiger partial charge in [-0.3, -0.25) is 0 Å². The fraction of sp³-hybridized carbons (Fsp3) is 0.294. The van der Waals surface area contributed by atoms with Crippen LogP contribution in [0, 0.1) is 0 Å². The van der Waals surface area contributed by atoms with Gasteiger partial charge in [-0.15, -0.1) is 0 Å². The summed E-state index contributed by atoms with van der Waals surface area (Å²) in [4.78, 5) is 2.13. The third-order valence-electron chi connectivity index (χ3n) is 3.03. The molecule has 0 saturated heterocycles. The summed E-state index contributed by atoms with van der Waals surface area (Å²) in [5.74, 6) is 0. The first kappa shape index (κ1) is 20.9. The average molecular weight is 313 g/mol. The molecule has 0 amide bonds. The minimum Gasteiger partial charge on any atom is -1.00 e. The van der Waals surface area contributed by atoms with Gasteiger partial charge in [0.25, 0.3) is 0 Å². The van der Waals surface area contributed by atoms with Crippen molar-refractivity contribution in [3.63, 3.8) is 0 Å². The van der Waals surface area contributed by atoms with E-state index in [0.29, 0.717) is 0 Å². The zero-order valence-electron chi connectivity index (χ0n) is 13.0. The van der Waals surface area contributed by atoms with Crippen molar-refractivity contribution in [1.82, 2.24) is 4.90 Å². The zero-order valence-corrected chi connectivity index (χ0v) is 16.1. The molecule has 108 valence electrons. The standard InChI is InChI=1S/C17H21NO.FH.K/c1-18(2)13-14-19-17(15-9-5-3-6-10-15)16-11-7-4-8-12-16;;/h3-12,17H,13-14H2,1-2H3;1H;/q;;+1/p-1. The van der Waals surface area contributed by atoms with Gasteiger partial charge in [0.05, 0.1) is 6.61 Å². The molecule has 2 nitrogen and oxygen atoms in total. The van der Waals surface area contributed by atoms with Crippen molar-refractivity contribution >= 4 is 0 Å². The summed E-state index contributed by atoms with van der Waals surface area (Å²) in [6.45, 7) is 1.65. The summed E-state index contributed by atoms with van der Waals surface area (Å²) in [6, 6.07) is 20.8. The maximum Gasteiger partial charge on any atom is 1.00 e. The number of nitrogens with zero attached hydrogens (tertiary/aromatic N) is 1. The van der Waals surface area contributed by atoms with E-state index >= 15 is 0 Å². The molecule has 0 spiro atoms. The molecule has 0 saturated carbocycles. The fourth-order valence-corrected chi connectivity index (χ4v) is 1.99. The van der Waals surface area contributed by atoms with Crippen molar-refractivity contribution in [2.24, 2.45) is 0 Å². The predicted octanol–water partition coefficient (Wildman–Crippen LogP) is -2.64. The Morgan fingerprint density at radius 1 is 0.857 bits per heavy atom. The SMILES string of the molecule is CN(C)CCOC(c1ccccc1)c1ccccc1.[F-].[K+]. The Kier molecular flexibility index (Phi) is 11.4. The molecule has 0 bridgehead atoms. The molecule has 0 atom stereocenters. The first-order valence-electron chi connectivity index (χ1n) is 6.63. The summed E-state index contributed by atoms with van der Waals surface area (Å²) < 4.78 is 6.08. The Morgan fingerprint density at radius 2 is 1.29 bits per heavy atom. The van der Waals surface area contributed by atoms with Gasteiger partial charge in [-0.2, -0.15) is 0 Å². The van der Waals surface area contributed by atoms with E-state index in [9.17, 15) is 0 Å². The molecular formula is C17H21FKNO. The van der Waals surface area contributed by atoms with Crippen molar-refractivity contribution in [3.8, 4) is 0 Å². The van der Waals surface area contributed by atoms with E-state index in [1.165, 1.54) is 11.1 Å². The number of halogens is 1. The molecule has 0 aliphatic rings. The van der Waals surface area contributed by atoms with E-state index in [0.717, 1.165) is 13.2 Å². The van der Waals surface area contributed by atoms with E-state index in [1.54, 1.807) is 0 Å². The van der Waals surface area contributed by atoms with Gasteiger partial charge in [0.15, 0.2) is 0 Å². The van der Waals surface area contributed by atoms with Crippen LogP contribution >= 0.6 is 0 Å². The van der Waals surface area contributed by atoms with Crippen molar-refractivity contribution < 1.29 is 60.8 Å². The summed E-state index contributed by atoms with van der Waals surface area (Å²) in [5, 5.41) is 0. The summed E-state index contributed by atoms with van der Waals surface area (Å²) in [5.41, 5.74) is 2.40. The van der Waals surface area contributed by atoms with Crippen LogP contribution in [0.1, 0.15) is 17.2 Å². The van der Waals surface area contributed by atoms with Gasteiger partial charge in [-0.25, -0.2) is 0 Å². The molecule has 0 aromatic heterocycles. The first-order valence-corrected chi connectivity index (χ1v) is 6.63. The van der Waals surface area contributed by atoms with Crippen LogP contribution in [0.5, 0.6) is 0 Å². The quantitative estimate of drug-likeness (QED) is 0.541. The van der Waals surface area contributed by atoms with Crippen LogP contribution in [0.4, 0.5) is 0 Å². The molecule has 0 radical (unpaired) electrons. The normalized spacial score (nSPS) is 10.1. The Morgan fingerprint density at radius 3 is 1.67 bits per heavy atom. The monoisotopic (exact) mass is 313 g/mol. The van der Waals surface area contributed by atoms with Gasteiger partial charge in [0.1, 0.15) is 6.10 Å². The minimum atomic E-state index is 0. The van der Waals surface area contributed by atoms with Crippen LogP contribution in [0.2, 0.25) is 0 Å². The van der Waals surface area contributed by atoms with E-state index < -0.39 is 0 Å². The minimum absolute atomic E-state index is 0.